The number of rotatable bonds is 5. The average molecular weight is 483 g/mol. The first-order valence-electron chi connectivity index (χ1n) is 7.82. The average Bonchev–Trinajstić information content (AvgIpc) is 3.11. The molecule has 0 radical (unpaired) electrons. The van der Waals surface area contributed by atoms with E-state index < -0.39 is 4.90 Å². The third-order valence-electron chi connectivity index (χ3n) is 4.35. The number of benzene rings is 2. The monoisotopic (exact) mass is 483 g/mol. The second-order valence-electron chi connectivity index (χ2n) is 5.86. The van der Waals surface area contributed by atoms with Crippen molar-refractivity contribution in [1.29, 1.82) is 0 Å². The second-order valence-corrected chi connectivity index (χ2v) is 15.5. The van der Waals surface area contributed by atoms with Gasteiger partial charge in [-0.1, -0.05) is 0 Å². The van der Waals surface area contributed by atoms with Crippen LogP contribution in [0.15, 0.2) is 60.7 Å². The van der Waals surface area contributed by atoms with Crippen molar-refractivity contribution in [3.8, 4) is 0 Å². The molecule has 1 fully saturated rings. The van der Waals surface area contributed by atoms with Crippen LogP contribution in [0.1, 0.15) is 12.8 Å². The molecule has 0 spiro atoms. The van der Waals surface area contributed by atoms with Gasteiger partial charge in [0.1, 0.15) is 0 Å². The normalized spacial score (nSPS) is 20.0. The standard InChI is InChI=1S/C18H22NOP.W/c20-18(17-12-7-13-19-17)14-21(15-8-3-1-4-9-15)16-10-5-2-6-11-16;/h1-6,8-11,17-20H,7,12-14H2;/t17-,18+;/m0./s1. The SMILES string of the molecule is O[C@H](C[P](=[W])(c1ccccc1)c1ccccc1)[C@@H]1CCCN1. The van der Waals surface area contributed by atoms with Crippen LogP contribution in [0.25, 0.3) is 0 Å². The summed E-state index contributed by atoms with van der Waals surface area (Å²) in [7, 11) is 0. The van der Waals surface area contributed by atoms with Crippen LogP contribution in [0.2, 0.25) is 0 Å². The van der Waals surface area contributed by atoms with E-state index in [0.29, 0.717) is 0 Å². The van der Waals surface area contributed by atoms with Crippen LogP contribution in [0.3, 0.4) is 0 Å². The molecule has 0 aromatic heterocycles. The Kier molecular flexibility index (Phi) is 5.47. The predicted molar refractivity (Wildman–Crippen MR) is 91.0 cm³/mol. The molecule has 0 saturated carbocycles. The summed E-state index contributed by atoms with van der Waals surface area (Å²) in [6.45, 7) is 1.04. The summed E-state index contributed by atoms with van der Waals surface area (Å²) in [4.78, 5) is -1.49. The Morgan fingerprint density at radius 1 is 1.05 bits per heavy atom. The first kappa shape index (κ1) is 16.3. The third kappa shape index (κ3) is 3.52. The maximum atomic E-state index is 10.8. The summed E-state index contributed by atoms with van der Waals surface area (Å²) >= 11 is 1.59. The molecule has 22 heavy (non-hydrogen) atoms. The van der Waals surface area contributed by atoms with Gasteiger partial charge in [0.25, 0.3) is 0 Å². The van der Waals surface area contributed by atoms with Crippen LogP contribution < -0.4 is 15.9 Å². The zero-order valence-corrected chi connectivity index (χ0v) is 16.4. The Bertz CT molecular complexity index is 597. The van der Waals surface area contributed by atoms with Crippen LogP contribution in [-0.4, -0.2) is 30.0 Å². The van der Waals surface area contributed by atoms with Crippen LogP contribution in [0.4, 0.5) is 0 Å². The number of aliphatic hydroxyl groups is 1. The molecular formula is C18H22NOPW. The van der Waals surface area contributed by atoms with E-state index >= 15 is 0 Å². The maximum absolute atomic E-state index is 10.8. The fourth-order valence-corrected chi connectivity index (χ4v) is 10.2. The van der Waals surface area contributed by atoms with Gasteiger partial charge in [-0.2, -0.15) is 0 Å². The molecule has 1 saturated heterocycles. The fourth-order valence-electron chi connectivity index (χ4n) is 3.13. The molecule has 1 aliphatic heterocycles. The Morgan fingerprint density at radius 2 is 1.59 bits per heavy atom. The quantitative estimate of drug-likeness (QED) is 0.640. The van der Waals surface area contributed by atoms with Crippen LogP contribution in [0, 0.1) is 0 Å². The van der Waals surface area contributed by atoms with Gasteiger partial charge in [-0.3, -0.25) is 0 Å². The Morgan fingerprint density at radius 3 is 2.05 bits per heavy atom. The molecule has 3 rings (SSSR count). The molecule has 0 unspecified atom stereocenters. The van der Waals surface area contributed by atoms with Gasteiger partial charge in [0.05, 0.1) is 0 Å². The van der Waals surface area contributed by atoms with Crippen molar-refractivity contribution in [3.63, 3.8) is 0 Å². The molecule has 2 aromatic rings. The summed E-state index contributed by atoms with van der Waals surface area (Å²) in [6.07, 6.45) is 2.91. The molecule has 1 aliphatic rings. The second kappa shape index (κ2) is 7.37. The minimum absolute atomic E-state index is 0.256. The Balaban J connectivity index is 1.95. The van der Waals surface area contributed by atoms with Crippen LogP contribution >= 0.6 is 4.90 Å². The molecule has 2 atom stereocenters. The Hall–Kier alpha value is -0.522. The molecule has 2 aromatic carbocycles. The van der Waals surface area contributed by atoms with Gasteiger partial charge in [0.15, 0.2) is 0 Å². The van der Waals surface area contributed by atoms with Gasteiger partial charge in [-0.05, 0) is 0 Å². The van der Waals surface area contributed by atoms with E-state index in [9.17, 15) is 5.11 Å². The van der Waals surface area contributed by atoms with Gasteiger partial charge in [0, 0.05) is 0 Å². The van der Waals surface area contributed by atoms with E-state index in [4.69, 9.17) is 0 Å². The van der Waals surface area contributed by atoms with Crippen molar-refractivity contribution in [3.05, 3.63) is 60.7 Å². The molecular weight excluding hydrogens is 461 g/mol. The number of hydrogen-bond acceptors (Lipinski definition) is 2. The zero-order chi connectivity index (χ0) is 15.4. The molecule has 116 valence electrons. The summed E-state index contributed by atoms with van der Waals surface area (Å²) < 4.78 is 0. The van der Waals surface area contributed by atoms with E-state index in [2.05, 4.69) is 66.0 Å². The van der Waals surface area contributed by atoms with Crippen molar-refractivity contribution in [2.45, 2.75) is 25.0 Å². The van der Waals surface area contributed by atoms with Gasteiger partial charge in [0.2, 0.25) is 0 Å². The van der Waals surface area contributed by atoms with E-state index in [1.807, 2.05) is 0 Å². The van der Waals surface area contributed by atoms with Gasteiger partial charge < -0.3 is 0 Å². The molecule has 4 heteroatoms. The molecule has 0 bridgehead atoms. The van der Waals surface area contributed by atoms with Crippen molar-refractivity contribution in [2.75, 3.05) is 12.7 Å². The summed E-state index contributed by atoms with van der Waals surface area (Å²) in [5, 5.41) is 17.1. The molecule has 0 amide bonds. The zero-order valence-electron chi connectivity index (χ0n) is 12.6. The van der Waals surface area contributed by atoms with Crippen molar-refractivity contribution >= 4 is 15.5 Å². The fraction of sp³-hybridized carbons (Fsp3) is 0.333. The Labute approximate surface area is 143 Å². The van der Waals surface area contributed by atoms with Gasteiger partial charge in [-0.15, -0.1) is 0 Å². The molecule has 1 heterocycles. The molecule has 2 nitrogen and oxygen atoms in total. The molecule has 0 aliphatic carbocycles. The van der Waals surface area contributed by atoms with Gasteiger partial charge in [-0.25, -0.2) is 0 Å². The number of aliphatic hydroxyl groups excluding tert-OH is 1. The number of nitrogens with one attached hydrogen (secondary N) is 1. The first-order chi connectivity index (χ1) is 10.7. The minimum atomic E-state index is -1.49. The van der Waals surface area contributed by atoms with E-state index in [1.165, 1.54) is 17.0 Å². The van der Waals surface area contributed by atoms with E-state index in [1.54, 1.807) is 18.8 Å². The molecule has 2 N–H and O–H groups in total. The van der Waals surface area contributed by atoms with E-state index in [-0.39, 0.29) is 12.1 Å². The van der Waals surface area contributed by atoms with Crippen LogP contribution in [-0.2, 0) is 18.8 Å². The third-order valence-corrected chi connectivity index (χ3v) is 13.7. The predicted octanol–water partition coefficient (Wildman–Crippen LogP) is 2.23. The first-order valence-corrected chi connectivity index (χ1v) is 13.6. The topological polar surface area (TPSA) is 32.3 Å². The van der Waals surface area contributed by atoms with Crippen LogP contribution in [0.5, 0.6) is 0 Å². The van der Waals surface area contributed by atoms with E-state index in [0.717, 1.165) is 19.1 Å². The van der Waals surface area contributed by atoms with Crippen molar-refractivity contribution in [1.82, 2.24) is 5.32 Å². The van der Waals surface area contributed by atoms with Crippen molar-refractivity contribution < 1.29 is 23.9 Å². The summed E-state index contributed by atoms with van der Waals surface area (Å²) in [5.74, 6) is 0. The number of hydrogen-bond donors (Lipinski definition) is 2. The van der Waals surface area contributed by atoms with Gasteiger partial charge >= 0.3 is 143 Å². The summed E-state index contributed by atoms with van der Waals surface area (Å²) in [6, 6.07) is 21.9. The van der Waals surface area contributed by atoms with Crippen molar-refractivity contribution in [2.24, 2.45) is 0 Å². The summed E-state index contributed by atoms with van der Waals surface area (Å²) in [5.41, 5.74) is 0.